The lowest BCUT2D eigenvalue weighted by Gasteiger charge is -2.01. The van der Waals surface area contributed by atoms with Gasteiger partial charge in [-0.25, -0.2) is 4.39 Å². The van der Waals surface area contributed by atoms with Crippen LogP contribution in [0, 0.1) is 10.9 Å². The summed E-state index contributed by atoms with van der Waals surface area (Å²) in [6.45, 7) is 0. The zero-order valence-electron chi connectivity index (χ0n) is 6.87. The van der Waals surface area contributed by atoms with Crippen LogP contribution in [0.3, 0.4) is 0 Å². The van der Waals surface area contributed by atoms with Crippen molar-refractivity contribution in [3.8, 4) is 0 Å². The minimum Gasteiger partial charge on any atom is -0.423 e. The number of rotatable bonds is 1. The molecule has 0 bridgehead atoms. The van der Waals surface area contributed by atoms with Crippen LogP contribution in [0.15, 0.2) is 18.2 Å². The van der Waals surface area contributed by atoms with Crippen LogP contribution in [-0.4, -0.2) is 17.2 Å². The van der Waals surface area contributed by atoms with Crippen molar-refractivity contribution >= 4 is 34.0 Å². The minimum absolute atomic E-state index is 0.0137. The van der Waals surface area contributed by atoms with E-state index in [1.807, 2.05) is 0 Å². The molecule has 0 radical (unpaired) electrons. The molecule has 2 N–H and O–H groups in total. The van der Waals surface area contributed by atoms with E-state index in [0.717, 1.165) is 29.5 Å². The van der Waals surface area contributed by atoms with Gasteiger partial charge in [-0.1, -0.05) is 0 Å². The summed E-state index contributed by atoms with van der Waals surface area (Å²) < 4.78 is 26.1. The maximum Gasteiger partial charge on any atom is 0.489 e. The van der Waals surface area contributed by atoms with Crippen LogP contribution in [-0.2, 0) is 0 Å². The molecule has 2 rings (SSSR count). The Hall–Kier alpha value is -0.975. The van der Waals surface area contributed by atoms with Crippen LogP contribution in [0.5, 0.6) is 0 Å². The van der Waals surface area contributed by atoms with Crippen LogP contribution in [0.25, 0.3) is 10.1 Å². The quantitative estimate of drug-likeness (QED) is 0.691. The Labute approximate surface area is 82.6 Å². The average Bonchev–Trinajstić information content (AvgIpc) is 2.42. The Kier molecular flexibility index (Phi) is 2.26. The maximum absolute atomic E-state index is 12.9. The van der Waals surface area contributed by atoms with E-state index in [1.54, 1.807) is 0 Å². The Morgan fingerprint density at radius 1 is 1.14 bits per heavy atom. The van der Waals surface area contributed by atoms with E-state index in [-0.39, 0.29) is 5.46 Å². The van der Waals surface area contributed by atoms with E-state index in [4.69, 9.17) is 10.0 Å². The zero-order valence-corrected chi connectivity index (χ0v) is 7.68. The summed E-state index contributed by atoms with van der Waals surface area (Å²) in [4.78, 5) is 0. The molecule has 0 aliphatic rings. The van der Waals surface area contributed by atoms with Crippen molar-refractivity contribution in [2.45, 2.75) is 0 Å². The number of benzene rings is 1. The van der Waals surface area contributed by atoms with Crippen LogP contribution >= 0.6 is 11.3 Å². The van der Waals surface area contributed by atoms with Crippen LogP contribution in [0.2, 0.25) is 0 Å². The van der Waals surface area contributed by atoms with Crippen LogP contribution < -0.4 is 5.46 Å². The second-order valence-corrected chi connectivity index (χ2v) is 3.86. The van der Waals surface area contributed by atoms with Gasteiger partial charge in [-0.2, -0.15) is 4.39 Å². The average molecular weight is 214 g/mol. The molecule has 0 aliphatic heterocycles. The normalized spacial score (nSPS) is 10.9. The third-order valence-electron chi connectivity index (χ3n) is 1.88. The van der Waals surface area contributed by atoms with Gasteiger partial charge in [0.15, 0.2) is 5.13 Å². The number of hydrogen-bond donors (Lipinski definition) is 2. The lowest BCUT2D eigenvalue weighted by atomic mass is 9.78. The molecule has 6 heteroatoms. The molecule has 0 aliphatic carbocycles. The molecule has 1 aromatic heterocycles. The summed E-state index contributed by atoms with van der Waals surface area (Å²) in [5.41, 5.74) is -0.0137. The van der Waals surface area contributed by atoms with E-state index in [2.05, 4.69) is 0 Å². The highest BCUT2D eigenvalue weighted by molar-refractivity contribution is 7.17. The van der Waals surface area contributed by atoms with Crippen LogP contribution in [0.1, 0.15) is 0 Å². The van der Waals surface area contributed by atoms with Crippen molar-refractivity contribution in [3.05, 3.63) is 29.1 Å². The van der Waals surface area contributed by atoms with Gasteiger partial charge >= 0.3 is 7.12 Å². The Morgan fingerprint density at radius 2 is 1.86 bits per heavy atom. The first-order valence-electron chi connectivity index (χ1n) is 3.82. The molecule has 2 nitrogen and oxygen atoms in total. The van der Waals surface area contributed by atoms with E-state index < -0.39 is 18.1 Å². The smallest absolute Gasteiger partial charge is 0.423 e. The summed E-state index contributed by atoms with van der Waals surface area (Å²) in [5, 5.41) is 17.7. The predicted molar refractivity (Wildman–Crippen MR) is 51.6 cm³/mol. The molecule has 0 unspecified atom stereocenters. The highest BCUT2D eigenvalue weighted by atomic mass is 32.1. The number of thiophene rings is 1. The molecule has 0 saturated heterocycles. The fourth-order valence-electron chi connectivity index (χ4n) is 1.31. The van der Waals surface area contributed by atoms with Gasteiger partial charge in [-0.15, -0.1) is 11.3 Å². The highest BCUT2D eigenvalue weighted by Gasteiger charge is 2.18. The molecule has 2 aromatic rings. The second kappa shape index (κ2) is 3.31. The Balaban J connectivity index is 2.79. The summed E-state index contributed by atoms with van der Waals surface area (Å²) in [6, 6.07) is 3.31. The molecule has 0 spiro atoms. The topological polar surface area (TPSA) is 40.5 Å². The lowest BCUT2D eigenvalue weighted by molar-refractivity contribution is 0.426. The standard InChI is InChI=1S/C8H5BF2O2S/c10-4-1-6(9(12)13)5-3-8(11)14-7(5)2-4/h1-3,12-13H. The van der Waals surface area contributed by atoms with Crippen molar-refractivity contribution in [1.82, 2.24) is 0 Å². The van der Waals surface area contributed by atoms with Gasteiger partial charge in [0.1, 0.15) is 5.82 Å². The van der Waals surface area contributed by atoms with Gasteiger partial charge in [-0.3, -0.25) is 0 Å². The van der Waals surface area contributed by atoms with Crippen molar-refractivity contribution < 1.29 is 18.8 Å². The monoisotopic (exact) mass is 214 g/mol. The first-order chi connectivity index (χ1) is 6.58. The second-order valence-electron chi connectivity index (χ2n) is 2.83. The third-order valence-corrected chi connectivity index (χ3v) is 2.75. The number of halogens is 2. The molecule has 1 aromatic carbocycles. The van der Waals surface area contributed by atoms with Gasteiger partial charge in [-0.05, 0) is 29.0 Å². The predicted octanol–water partition coefficient (Wildman–Crippen LogP) is 0.859. The molecule has 0 amide bonds. The van der Waals surface area contributed by atoms with E-state index in [1.165, 1.54) is 0 Å². The van der Waals surface area contributed by atoms with Crippen molar-refractivity contribution in [1.29, 1.82) is 0 Å². The number of fused-ring (bicyclic) bond motifs is 1. The van der Waals surface area contributed by atoms with E-state index in [9.17, 15) is 8.78 Å². The van der Waals surface area contributed by atoms with Gasteiger partial charge in [0.2, 0.25) is 0 Å². The molecule has 1 heterocycles. The first kappa shape index (κ1) is 9.58. The zero-order chi connectivity index (χ0) is 10.3. The summed E-state index contributed by atoms with van der Waals surface area (Å²) >= 11 is 0.769. The fraction of sp³-hybridized carbons (Fsp3) is 0. The number of hydrogen-bond acceptors (Lipinski definition) is 3. The summed E-state index contributed by atoms with van der Waals surface area (Å²) in [7, 11) is -1.79. The third kappa shape index (κ3) is 1.52. The molecule has 0 atom stereocenters. The molecule has 14 heavy (non-hydrogen) atoms. The molecule has 0 fully saturated rings. The largest absolute Gasteiger partial charge is 0.489 e. The van der Waals surface area contributed by atoms with Crippen LogP contribution in [0.4, 0.5) is 8.78 Å². The van der Waals surface area contributed by atoms with Crippen molar-refractivity contribution in [3.63, 3.8) is 0 Å². The molecule has 0 saturated carbocycles. The van der Waals surface area contributed by atoms with E-state index in [0.29, 0.717) is 10.1 Å². The van der Waals surface area contributed by atoms with Gasteiger partial charge in [0.05, 0.1) is 0 Å². The summed E-state index contributed by atoms with van der Waals surface area (Å²) in [6.07, 6.45) is 0. The van der Waals surface area contributed by atoms with Gasteiger partial charge in [0.25, 0.3) is 0 Å². The highest BCUT2D eigenvalue weighted by Crippen LogP contribution is 2.23. The molecular weight excluding hydrogens is 209 g/mol. The Morgan fingerprint density at radius 3 is 2.50 bits per heavy atom. The minimum atomic E-state index is -1.79. The fourth-order valence-corrected chi connectivity index (χ4v) is 2.16. The van der Waals surface area contributed by atoms with Crippen molar-refractivity contribution in [2.24, 2.45) is 0 Å². The maximum atomic E-state index is 12.9. The van der Waals surface area contributed by atoms with Crippen molar-refractivity contribution in [2.75, 3.05) is 0 Å². The summed E-state index contributed by atoms with van der Waals surface area (Å²) in [5.74, 6) is -0.609. The molecular formula is C8H5BF2O2S. The first-order valence-corrected chi connectivity index (χ1v) is 4.64. The van der Waals surface area contributed by atoms with Gasteiger partial charge < -0.3 is 10.0 Å². The molecule has 72 valence electrons. The van der Waals surface area contributed by atoms with E-state index >= 15 is 0 Å². The lowest BCUT2D eigenvalue weighted by Crippen LogP contribution is -2.30. The Bertz CT molecular complexity index is 483. The SMILES string of the molecule is OB(O)c1cc(F)cc2sc(F)cc12. The van der Waals surface area contributed by atoms with Gasteiger partial charge in [0, 0.05) is 4.70 Å².